The number of fused-ring (bicyclic) bond motifs is 1. The number of piperidine rings is 1. The molecular formula is C19H22N4O3. The Labute approximate surface area is 152 Å². The molecule has 7 nitrogen and oxygen atoms in total. The van der Waals surface area contributed by atoms with Crippen molar-refractivity contribution >= 4 is 12.0 Å². The van der Waals surface area contributed by atoms with Gasteiger partial charge in [-0.15, -0.1) is 0 Å². The van der Waals surface area contributed by atoms with Crippen LogP contribution >= 0.6 is 0 Å². The fourth-order valence-corrected chi connectivity index (χ4v) is 3.70. The molecule has 1 aromatic heterocycles. The van der Waals surface area contributed by atoms with Crippen LogP contribution in [0.4, 0.5) is 4.79 Å². The van der Waals surface area contributed by atoms with Crippen LogP contribution in [-0.4, -0.2) is 50.7 Å². The van der Waals surface area contributed by atoms with E-state index in [1.807, 2.05) is 42.3 Å². The van der Waals surface area contributed by atoms with Crippen LogP contribution in [0.5, 0.6) is 0 Å². The molecule has 1 aromatic carbocycles. The van der Waals surface area contributed by atoms with Crippen molar-refractivity contribution in [2.45, 2.75) is 32.0 Å². The molecule has 0 radical (unpaired) electrons. The predicted octanol–water partition coefficient (Wildman–Crippen LogP) is 2.18. The van der Waals surface area contributed by atoms with Gasteiger partial charge in [-0.2, -0.15) is 5.10 Å². The average Bonchev–Trinajstić information content (AvgIpc) is 3.21. The molecule has 0 bridgehead atoms. The zero-order valence-corrected chi connectivity index (χ0v) is 14.8. The van der Waals surface area contributed by atoms with E-state index in [-0.39, 0.29) is 24.6 Å². The highest BCUT2D eigenvalue weighted by atomic mass is 16.6. The number of ether oxygens (including phenoxy) is 1. The number of nitrogens with zero attached hydrogens (tertiary/aromatic N) is 4. The van der Waals surface area contributed by atoms with Gasteiger partial charge in [-0.1, -0.05) is 30.3 Å². The molecule has 1 atom stereocenters. The highest BCUT2D eigenvalue weighted by Crippen LogP contribution is 2.27. The van der Waals surface area contributed by atoms with Gasteiger partial charge in [-0.05, 0) is 18.4 Å². The lowest BCUT2D eigenvalue weighted by Crippen LogP contribution is -2.50. The first-order valence-electron chi connectivity index (χ1n) is 8.91. The van der Waals surface area contributed by atoms with Crippen LogP contribution in [0.2, 0.25) is 0 Å². The number of carbonyl (C=O) groups is 2. The molecule has 0 saturated carbocycles. The summed E-state index contributed by atoms with van der Waals surface area (Å²) in [6, 6.07) is 9.66. The summed E-state index contributed by atoms with van der Waals surface area (Å²) in [7, 11) is 1.85. The molecular weight excluding hydrogens is 332 g/mol. The molecule has 0 unspecified atom stereocenters. The van der Waals surface area contributed by atoms with Crippen LogP contribution in [0.15, 0.2) is 36.5 Å². The Morgan fingerprint density at radius 1 is 1.31 bits per heavy atom. The molecule has 3 heterocycles. The first-order chi connectivity index (χ1) is 12.6. The minimum Gasteiger partial charge on any atom is -0.445 e. The molecule has 4 rings (SSSR count). The van der Waals surface area contributed by atoms with Gasteiger partial charge in [-0.3, -0.25) is 9.48 Å². The quantitative estimate of drug-likeness (QED) is 0.847. The number of hydrogen-bond acceptors (Lipinski definition) is 4. The Hall–Kier alpha value is -2.83. The lowest BCUT2D eigenvalue weighted by Gasteiger charge is -2.37. The Morgan fingerprint density at radius 2 is 2.12 bits per heavy atom. The molecule has 2 aliphatic heterocycles. The van der Waals surface area contributed by atoms with Gasteiger partial charge in [0.25, 0.3) is 5.91 Å². The first-order valence-corrected chi connectivity index (χ1v) is 8.91. The van der Waals surface area contributed by atoms with Crippen LogP contribution in [-0.2, 0) is 24.9 Å². The van der Waals surface area contributed by atoms with E-state index in [4.69, 9.17) is 4.74 Å². The topological polar surface area (TPSA) is 67.7 Å². The fourth-order valence-electron chi connectivity index (χ4n) is 3.70. The SMILES string of the molecule is Cn1ncc2c1CN([C@H]1CCCN(C(=O)OCc3ccccc3)C1)C2=O. The minimum atomic E-state index is -0.315. The molecule has 0 spiro atoms. The molecule has 2 aromatic rings. The van der Waals surface area contributed by atoms with Crippen molar-refractivity contribution < 1.29 is 14.3 Å². The van der Waals surface area contributed by atoms with E-state index in [0.717, 1.165) is 24.1 Å². The van der Waals surface area contributed by atoms with E-state index in [2.05, 4.69) is 5.10 Å². The maximum Gasteiger partial charge on any atom is 0.410 e. The first kappa shape index (κ1) is 16.6. The third-order valence-corrected chi connectivity index (χ3v) is 5.17. The average molecular weight is 354 g/mol. The second-order valence-corrected chi connectivity index (χ2v) is 6.84. The number of amides is 2. The van der Waals surface area contributed by atoms with E-state index in [1.54, 1.807) is 15.8 Å². The molecule has 2 aliphatic rings. The summed E-state index contributed by atoms with van der Waals surface area (Å²) in [5, 5.41) is 4.15. The molecule has 1 fully saturated rings. The van der Waals surface area contributed by atoms with Crippen molar-refractivity contribution in [2.75, 3.05) is 13.1 Å². The van der Waals surface area contributed by atoms with Crippen molar-refractivity contribution in [1.82, 2.24) is 19.6 Å². The molecule has 26 heavy (non-hydrogen) atoms. The minimum absolute atomic E-state index is 0.0117. The largest absolute Gasteiger partial charge is 0.445 e. The van der Waals surface area contributed by atoms with Gasteiger partial charge in [0.2, 0.25) is 0 Å². The molecule has 136 valence electrons. The van der Waals surface area contributed by atoms with Crippen molar-refractivity contribution in [3.63, 3.8) is 0 Å². The van der Waals surface area contributed by atoms with Gasteiger partial charge in [0.15, 0.2) is 0 Å². The third-order valence-electron chi connectivity index (χ3n) is 5.17. The molecule has 7 heteroatoms. The monoisotopic (exact) mass is 354 g/mol. The van der Waals surface area contributed by atoms with Crippen LogP contribution in [0.25, 0.3) is 0 Å². The maximum absolute atomic E-state index is 12.6. The van der Waals surface area contributed by atoms with Crippen molar-refractivity contribution in [2.24, 2.45) is 7.05 Å². The summed E-state index contributed by atoms with van der Waals surface area (Å²) in [4.78, 5) is 28.6. The number of hydrogen-bond donors (Lipinski definition) is 0. The zero-order valence-electron chi connectivity index (χ0n) is 14.8. The van der Waals surface area contributed by atoms with Crippen LogP contribution in [0.1, 0.15) is 34.5 Å². The van der Waals surface area contributed by atoms with E-state index in [0.29, 0.717) is 25.2 Å². The van der Waals surface area contributed by atoms with Gasteiger partial charge in [0.1, 0.15) is 6.61 Å². The third kappa shape index (κ3) is 3.05. The summed E-state index contributed by atoms with van der Waals surface area (Å²) in [6.07, 6.45) is 3.08. The fraction of sp³-hybridized carbons (Fsp3) is 0.421. The number of aryl methyl sites for hydroxylation is 1. The maximum atomic E-state index is 12.6. The number of rotatable bonds is 3. The lowest BCUT2D eigenvalue weighted by molar-refractivity contribution is 0.0476. The molecule has 0 N–H and O–H groups in total. The van der Waals surface area contributed by atoms with Gasteiger partial charge < -0.3 is 14.5 Å². The summed E-state index contributed by atoms with van der Waals surface area (Å²) >= 11 is 0. The van der Waals surface area contributed by atoms with Gasteiger partial charge in [0.05, 0.1) is 30.0 Å². The van der Waals surface area contributed by atoms with Crippen LogP contribution in [0, 0.1) is 0 Å². The van der Waals surface area contributed by atoms with Gasteiger partial charge >= 0.3 is 6.09 Å². The zero-order chi connectivity index (χ0) is 18.1. The summed E-state index contributed by atoms with van der Waals surface area (Å²) in [6.45, 7) is 2.00. The number of carbonyl (C=O) groups excluding carboxylic acids is 2. The Kier molecular flexibility index (Phi) is 4.36. The second kappa shape index (κ2) is 6.82. The van der Waals surface area contributed by atoms with Crippen LogP contribution in [0.3, 0.4) is 0 Å². The number of aromatic nitrogens is 2. The van der Waals surface area contributed by atoms with Crippen molar-refractivity contribution in [3.05, 3.63) is 53.3 Å². The molecule has 0 aliphatic carbocycles. The van der Waals surface area contributed by atoms with Gasteiger partial charge in [-0.25, -0.2) is 4.79 Å². The number of benzene rings is 1. The van der Waals surface area contributed by atoms with Crippen LogP contribution < -0.4 is 0 Å². The van der Waals surface area contributed by atoms with E-state index >= 15 is 0 Å². The second-order valence-electron chi connectivity index (χ2n) is 6.84. The van der Waals surface area contributed by atoms with Crippen molar-refractivity contribution in [3.8, 4) is 0 Å². The highest BCUT2D eigenvalue weighted by molar-refractivity contribution is 5.97. The Bertz CT molecular complexity index is 817. The summed E-state index contributed by atoms with van der Waals surface area (Å²) in [5.41, 5.74) is 2.59. The Balaban J connectivity index is 1.37. The summed E-state index contributed by atoms with van der Waals surface area (Å²) < 4.78 is 7.19. The number of likely N-dealkylation sites (tertiary alicyclic amines) is 1. The smallest absolute Gasteiger partial charge is 0.410 e. The van der Waals surface area contributed by atoms with E-state index in [1.165, 1.54) is 0 Å². The van der Waals surface area contributed by atoms with Gasteiger partial charge in [0, 0.05) is 20.1 Å². The molecule has 1 saturated heterocycles. The normalized spacial score (nSPS) is 19.6. The predicted molar refractivity (Wildman–Crippen MR) is 94.3 cm³/mol. The molecule has 2 amide bonds. The lowest BCUT2D eigenvalue weighted by atomic mass is 10.0. The van der Waals surface area contributed by atoms with Crippen molar-refractivity contribution in [1.29, 1.82) is 0 Å². The van der Waals surface area contributed by atoms with E-state index < -0.39 is 0 Å². The standard InChI is InChI=1S/C19H22N4O3/c1-21-17-12-23(18(24)16(17)10-20-21)15-8-5-9-22(11-15)19(25)26-13-14-6-3-2-4-7-14/h2-4,6-7,10,15H,5,8-9,11-13H2,1H3/t15-/m0/s1. The Morgan fingerprint density at radius 3 is 2.88 bits per heavy atom. The summed E-state index contributed by atoms with van der Waals surface area (Å²) in [5.74, 6) is 0.0117. The van der Waals surface area contributed by atoms with E-state index in [9.17, 15) is 9.59 Å². The highest BCUT2D eigenvalue weighted by Gasteiger charge is 2.38.